The number of rotatable bonds is 2. The summed E-state index contributed by atoms with van der Waals surface area (Å²) in [5.41, 5.74) is 15.4. The molecule has 3 rings (SSSR count). The van der Waals surface area contributed by atoms with E-state index in [1.54, 1.807) is 12.1 Å². The van der Waals surface area contributed by atoms with E-state index in [4.69, 9.17) is 16.6 Å². The number of nitrogen functional groups attached to an aromatic ring is 2. The molecule has 2 aromatic rings. The van der Waals surface area contributed by atoms with Crippen LogP contribution in [0.5, 0.6) is 0 Å². The summed E-state index contributed by atoms with van der Waals surface area (Å²) in [7, 11) is 0. The molecule has 26 heavy (non-hydrogen) atoms. The molecule has 1 saturated heterocycles. The zero-order valence-electron chi connectivity index (χ0n) is 15.2. The normalized spacial score (nSPS) is 13.1. The SMILES string of the molecule is Cc1ccc(C(=O)N2CCCC2)cc1N.Cc1ccc(C(=O)O)cc1N. The summed E-state index contributed by atoms with van der Waals surface area (Å²) in [6.07, 6.45) is 2.24. The summed E-state index contributed by atoms with van der Waals surface area (Å²) in [6.45, 7) is 5.54. The number of carbonyl (C=O) groups excluding carboxylic acids is 1. The smallest absolute Gasteiger partial charge is 0.335 e. The first-order valence-corrected chi connectivity index (χ1v) is 8.54. The third-order valence-electron chi connectivity index (χ3n) is 4.45. The average molecular weight is 355 g/mol. The molecule has 0 aromatic heterocycles. The van der Waals surface area contributed by atoms with Crippen molar-refractivity contribution in [1.29, 1.82) is 0 Å². The molecule has 1 aliphatic heterocycles. The van der Waals surface area contributed by atoms with Crippen LogP contribution in [0.25, 0.3) is 0 Å². The third-order valence-corrected chi connectivity index (χ3v) is 4.45. The number of aromatic carboxylic acids is 1. The van der Waals surface area contributed by atoms with Gasteiger partial charge in [-0.25, -0.2) is 4.79 Å². The molecule has 5 N–H and O–H groups in total. The Bertz CT molecular complexity index is 812. The fourth-order valence-electron chi connectivity index (χ4n) is 2.65. The van der Waals surface area contributed by atoms with Crippen LogP contribution in [0.15, 0.2) is 36.4 Å². The largest absolute Gasteiger partial charge is 0.478 e. The van der Waals surface area contributed by atoms with Crippen LogP contribution >= 0.6 is 0 Å². The Balaban J connectivity index is 0.000000197. The second-order valence-corrected chi connectivity index (χ2v) is 6.45. The minimum Gasteiger partial charge on any atom is -0.478 e. The van der Waals surface area contributed by atoms with Crippen LogP contribution in [0, 0.1) is 13.8 Å². The number of likely N-dealkylation sites (tertiary alicyclic amines) is 1. The topological polar surface area (TPSA) is 110 Å². The summed E-state index contributed by atoms with van der Waals surface area (Å²) in [6, 6.07) is 10.2. The van der Waals surface area contributed by atoms with Gasteiger partial charge in [-0.15, -0.1) is 0 Å². The molecule has 1 aliphatic rings. The predicted molar refractivity (Wildman–Crippen MR) is 103 cm³/mol. The number of carboxylic acid groups (broad SMARTS) is 1. The van der Waals surface area contributed by atoms with E-state index in [-0.39, 0.29) is 11.5 Å². The Morgan fingerprint density at radius 3 is 1.81 bits per heavy atom. The summed E-state index contributed by atoms with van der Waals surface area (Å²) < 4.78 is 0. The Morgan fingerprint density at radius 1 is 0.885 bits per heavy atom. The van der Waals surface area contributed by atoms with Gasteiger partial charge >= 0.3 is 5.97 Å². The van der Waals surface area contributed by atoms with Crippen LogP contribution in [0.1, 0.15) is 44.7 Å². The maximum atomic E-state index is 12.0. The summed E-state index contributed by atoms with van der Waals surface area (Å²) in [5.74, 6) is -0.837. The number of hydrogen-bond acceptors (Lipinski definition) is 4. The Labute approximate surface area is 153 Å². The van der Waals surface area contributed by atoms with Crippen molar-refractivity contribution in [1.82, 2.24) is 4.90 Å². The number of hydrogen-bond donors (Lipinski definition) is 3. The third kappa shape index (κ3) is 4.75. The highest BCUT2D eigenvalue weighted by Crippen LogP contribution is 2.17. The molecule has 0 radical (unpaired) electrons. The fourth-order valence-corrected chi connectivity index (χ4v) is 2.65. The van der Waals surface area contributed by atoms with Crippen molar-refractivity contribution in [2.75, 3.05) is 24.6 Å². The first-order valence-electron chi connectivity index (χ1n) is 8.54. The molecule has 2 aromatic carbocycles. The molecule has 138 valence electrons. The Kier molecular flexibility index (Phi) is 6.22. The lowest BCUT2D eigenvalue weighted by Gasteiger charge is -2.15. The Hall–Kier alpha value is -3.02. The van der Waals surface area contributed by atoms with Gasteiger partial charge in [0, 0.05) is 30.0 Å². The van der Waals surface area contributed by atoms with Gasteiger partial charge in [-0.1, -0.05) is 12.1 Å². The van der Waals surface area contributed by atoms with Gasteiger partial charge in [0.25, 0.3) is 5.91 Å². The van der Waals surface area contributed by atoms with Crippen molar-refractivity contribution < 1.29 is 14.7 Å². The Morgan fingerprint density at radius 2 is 1.35 bits per heavy atom. The highest BCUT2D eigenvalue weighted by Gasteiger charge is 2.19. The van der Waals surface area contributed by atoms with Gasteiger partial charge in [-0.05, 0) is 62.1 Å². The first kappa shape index (κ1) is 19.3. The van der Waals surface area contributed by atoms with Crippen molar-refractivity contribution >= 4 is 23.3 Å². The molecule has 1 amide bonds. The van der Waals surface area contributed by atoms with E-state index in [0.29, 0.717) is 16.9 Å². The van der Waals surface area contributed by atoms with Crippen LogP contribution in [0.2, 0.25) is 0 Å². The minimum absolute atomic E-state index is 0.110. The molecule has 0 spiro atoms. The lowest BCUT2D eigenvalue weighted by molar-refractivity contribution is 0.0696. The van der Waals surface area contributed by atoms with E-state index < -0.39 is 5.97 Å². The molecule has 1 heterocycles. The molecule has 0 aliphatic carbocycles. The molecule has 6 nitrogen and oxygen atoms in total. The van der Waals surface area contributed by atoms with Gasteiger partial charge < -0.3 is 21.5 Å². The first-order chi connectivity index (χ1) is 12.3. The van der Waals surface area contributed by atoms with Crippen LogP contribution in [-0.4, -0.2) is 35.0 Å². The van der Waals surface area contributed by atoms with Crippen molar-refractivity contribution in [3.63, 3.8) is 0 Å². The van der Waals surface area contributed by atoms with Crippen LogP contribution in [-0.2, 0) is 0 Å². The average Bonchev–Trinajstić information content (AvgIpc) is 3.14. The number of amides is 1. The number of nitrogens with two attached hydrogens (primary N) is 2. The fraction of sp³-hybridized carbons (Fsp3) is 0.300. The van der Waals surface area contributed by atoms with Crippen molar-refractivity contribution in [2.24, 2.45) is 0 Å². The quantitative estimate of drug-likeness (QED) is 0.717. The molecule has 0 unspecified atom stereocenters. The van der Waals surface area contributed by atoms with Crippen molar-refractivity contribution in [2.45, 2.75) is 26.7 Å². The number of benzene rings is 2. The number of anilines is 2. The van der Waals surface area contributed by atoms with E-state index in [0.717, 1.165) is 37.1 Å². The second-order valence-electron chi connectivity index (χ2n) is 6.45. The van der Waals surface area contributed by atoms with Crippen LogP contribution in [0.4, 0.5) is 11.4 Å². The standard InChI is InChI=1S/C12H16N2O.C8H9NO2/c1-9-4-5-10(8-11(9)13)12(15)14-6-2-3-7-14;1-5-2-3-6(8(10)11)4-7(5)9/h4-5,8H,2-3,6-7,13H2,1H3;2-4H,9H2,1H3,(H,10,11). The maximum absolute atomic E-state index is 12.0. The van der Waals surface area contributed by atoms with Crippen LogP contribution in [0.3, 0.4) is 0 Å². The predicted octanol–water partition coefficient (Wildman–Crippen LogP) is 3.09. The van der Waals surface area contributed by atoms with E-state index in [2.05, 4.69) is 0 Å². The lowest BCUT2D eigenvalue weighted by atomic mass is 10.1. The summed E-state index contributed by atoms with van der Waals surface area (Å²) in [4.78, 5) is 24.3. The van der Waals surface area contributed by atoms with Gasteiger partial charge in [0.15, 0.2) is 0 Å². The van der Waals surface area contributed by atoms with Crippen molar-refractivity contribution in [3.05, 3.63) is 58.7 Å². The number of nitrogens with zero attached hydrogens (tertiary/aromatic N) is 1. The molecule has 0 atom stereocenters. The van der Waals surface area contributed by atoms with E-state index in [1.807, 2.05) is 30.9 Å². The molecule has 6 heteroatoms. The molecular formula is C20H25N3O3. The number of carbonyl (C=O) groups is 2. The van der Waals surface area contributed by atoms with Gasteiger partial charge in [-0.3, -0.25) is 4.79 Å². The zero-order chi connectivity index (χ0) is 19.3. The monoisotopic (exact) mass is 355 g/mol. The van der Waals surface area contributed by atoms with E-state index in [1.165, 1.54) is 12.1 Å². The summed E-state index contributed by atoms with van der Waals surface area (Å²) in [5, 5.41) is 8.54. The lowest BCUT2D eigenvalue weighted by Crippen LogP contribution is -2.27. The number of carboxylic acids is 1. The highest BCUT2D eigenvalue weighted by atomic mass is 16.4. The highest BCUT2D eigenvalue weighted by molar-refractivity contribution is 5.95. The summed E-state index contributed by atoms with van der Waals surface area (Å²) >= 11 is 0. The number of aryl methyl sites for hydroxylation is 2. The second kappa shape index (κ2) is 8.38. The van der Waals surface area contributed by atoms with Gasteiger partial charge in [0.2, 0.25) is 0 Å². The molecular weight excluding hydrogens is 330 g/mol. The molecule has 1 fully saturated rings. The minimum atomic E-state index is -0.947. The van der Waals surface area contributed by atoms with Crippen molar-refractivity contribution in [3.8, 4) is 0 Å². The van der Waals surface area contributed by atoms with Gasteiger partial charge in [0.05, 0.1) is 5.56 Å². The van der Waals surface area contributed by atoms with Gasteiger partial charge in [0.1, 0.15) is 0 Å². The van der Waals surface area contributed by atoms with E-state index in [9.17, 15) is 9.59 Å². The molecule has 0 bridgehead atoms. The maximum Gasteiger partial charge on any atom is 0.335 e. The zero-order valence-corrected chi connectivity index (χ0v) is 15.2. The molecule has 0 saturated carbocycles. The van der Waals surface area contributed by atoms with Gasteiger partial charge in [-0.2, -0.15) is 0 Å². The van der Waals surface area contributed by atoms with E-state index >= 15 is 0 Å². The van der Waals surface area contributed by atoms with Crippen LogP contribution < -0.4 is 11.5 Å².